The van der Waals surface area contributed by atoms with Gasteiger partial charge in [0.05, 0.1) is 0 Å². The van der Waals surface area contributed by atoms with E-state index in [9.17, 15) is 19.2 Å². The van der Waals surface area contributed by atoms with Crippen molar-refractivity contribution in [2.24, 2.45) is 0 Å². The van der Waals surface area contributed by atoms with Gasteiger partial charge in [0.2, 0.25) is 11.8 Å². The highest BCUT2D eigenvalue weighted by Crippen LogP contribution is 2.30. The lowest BCUT2D eigenvalue weighted by Crippen LogP contribution is -2.52. The first-order chi connectivity index (χ1) is 14.5. The van der Waals surface area contributed by atoms with Crippen molar-refractivity contribution in [3.05, 3.63) is 64.7 Å². The predicted molar refractivity (Wildman–Crippen MR) is 107 cm³/mol. The van der Waals surface area contributed by atoms with Crippen molar-refractivity contribution in [3.8, 4) is 0 Å². The number of hydrogen-bond donors (Lipinski definition) is 2. The number of benzene rings is 2. The van der Waals surface area contributed by atoms with Crippen LogP contribution in [0.1, 0.15) is 39.9 Å². The summed E-state index contributed by atoms with van der Waals surface area (Å²) in [4.78, 5) is 52.2. The lowest BCUT2D eigenvalue weighted by Gasteiger charge is -2.29. The van der Waals surface area contributed by atoms with E-state index in [0.29, 0.717) is 30.8 Å². The zero-order valence-corrected chi connectivity index (χ0v) is 16.2. The summed E-state index contributed by atoms with van der Waals surface area (Å²) in [6.45, 7) is 1.41. The van der Waals surface area contributed by atoms with E-state index in [2.05, 4.69) is 10.6 Å². The smallest absolute Gasteiger partial charge is 0.322 e. The van der Waals surface area contributed by atoms with E-state index in [4.69, 9.17) is 0 Å². The minimum absolute atomic E-state index is 0.197. The normalized spacial score (nSPS) is 20.1. The topological polar surface area (TPSA) is 98.8 Å². The van der Waals surface area contributed by atoms with Crippen LogP contribution in [0.5, 0.6) is 0 Å². The molecule has 3 aliphatic rings. The molecule has 30 heavy (non-hydrogen) atoms. The average molecular weight is 404 g/mol. The first-order valence-electron chi connectivity index (χ1n) is 9.90. The number of nitrogens with one attached hydrogen (secondary N) is 2. The van der Waals surface area contributed by atoms with E-state index in [1.54, 1.807) is 23.1 Å². The summed E-state index contributed by atoms with van der Waals surface area (Å²) in [7, 11) is 0. The van der Waals surface area contributed by atoms with E-state index >= 15 is 0 Å². The largest absolute Gasteiger partial charge is 0.322 e. The van der Waals surface area contributed by atoms with Gasteiger partial charge >= 0.3 is 6.03 Å². The molecule has 0 bridgehead atoms. The standard InChI is InChI=1S/C22H20N4O4/c27-19-8-7-18(20(28)24-19)26-12-15-9-16(5-6-17(15)21(26)29)23-22(30)25-10-13-3-1-2-4-14(13)11-25/h1-6,9,18H,7-8,10-12H2,(H,23,30)(H,24,27,28). The molecule has 1 atom stereocenters. The molecule has 1 unspecified atom stereocenters. The molecule has 2 aromatic carbocycles. The Balaban J connectivity index is 1.28. The molecule has 152 valence electrons. The third-order valence-electron chi connectivity index (χ3n) is 5.90. The molecule has 1 saturated heterocycles. The number of rotatable bonds is 2. The Morgan fingerprint density at radius 2 is 1.70 bits per heavy atom. The predicted octanol–water partition coefficient (Wildman–Crippen LogP) is 2.00. The summed E-state index contributed by atoms with van der Waals surface area (Å²) >= 11 is 0. The molecule has 0 saturated carbocycles. The SMILES string of the molecule is O=C1CCC(N2Cc3cc(NC(=O)N4Cc5ccccc5C4)ccc3C2=O)C(=O)N1. The van der Waals surface area contributed by atoms with Crippen LogP contribution in [0.3, 0.4) is 0 Å². The van der Waals surface area contributed by atoms with E-state index in [0.717, 1.165) is 16.7 Å². The molecular weight excluding hydrogens is 384 g/mol. The lowest BCUT2D eigenvalue weighted by molar-refractivity contribution is -0.136. The monoisotopic (exact) mass is 404 g/mol. The van der Waals surface area contributed by atoms with Crippen LogP contribution < -0.4 is 10.6 Å². The second-order valence-corrected chi connectivity index (χ2v) is 7.83. The molecule has 0 spiro atoms. The molecular formula is C22H20N4O4. The zero-order valence-electron chi connectivity index (χ0n) is 16.2. The fourth-order valence-corrected chi connectivity index (χ4v) is 4.33. The van der Waals surface area contributed by atoms with Crippen LogP contribution in [0, 0.1) is 0 Å². The highest BCUT2D eigenvalue weighted by molar-refractivity contribution is 6.05. The van der Waals surface area contributed by atoms with Crippen molar-refractivity contribution >= 4 is 29.4 Å². The number of urea groups is 1. The fraction of sp³-hybridized carbons (Fsp3) is 0.273. The molecule has 3 aliphatic heterocycles. The van der Waals surface area contributed by atoms with Crippen LogP contribution in [-0.2, 0) is 29.2 Å². The van der Waals surface area contributed by atoms with Gasteiger partial charge in [-0.15, -0.1) is 0 Å². The van der Waals surface area contributed by atoms with Crippen LogP contribution in [0.15, 0.2) is 42.5 Å². The maximum Gasteiger partial charge on any atom is 0.322 e. The maximum atomic E-state index is 12.8. The number of amides is 5. The van der Waals surface area contributed by atoms with Gasteiger partial charge in [-0.3, -0.25) is 19.7 Å². The summed E-state index contributed by atoms with van der Waals surface area (Å²) in [5.41, 5.74) is 4.17. The van der Waals surface area contributed by atoms with Crippen molar-refractivity contribution in [2.75, 3.05) is 5.32 Å². The summed E-state index contributed by atoms with van der Waals surface area (Å²) in [5.74, 6) is -0.976. The Morgan fingerprint density at radius 1 is 0.967 bits per heavy atom. The third kappa shape index (κ3) is 3.10. The third-order valence-corrected chi connectivity index (χ3v) is 5.90. The molecule has 0 aromatic heterocycles. The highest BCUT2D eigenvalue weighted by atomic mass is 16.2. The maximum absolute atomic E-state index is 12.8. The van der Waals surface area contributed by atoms with Crippen molar-refractivity contribution in [2.45, 2.75) is 38.5 Å². The van der Waals surface area contributed by atoms with Crippen molar-refractivity contribution < 1.29 is 19.2 Å². The van der Waals surface area contributed by atoms with Gasteiger partial charge in [-0.05, 0) is 41.3 Å². The number of anilines is 1. The number of carbonyl (C=O) groups excluding carboxylic acids is 4. The second kappa shape index (κ2) is 6.98. The molecule has 5 amide bonds. The molecule has 8 heteroatoms. The summed E-state index contributed by atoms with van der Waals surface area (Å²) in [6.07, 6.45) is 0.541. The number of carbonyl (C=O) groups is 4. The van der Waals surface area contributed by atoms with Crippen LogP contribution in [0.2, 0.25) is 0 Å². The minimum atomic E-state index is -0.649. The Bertz CT molecular complexity index is 1070. The first kappa shape index (κ1) is 18.4. The zero-order chi connectivity index (χ0) is 20.8. The molecule has 3 heterocycles. The Labute approximate surface area is 172 Å². The molecule has 1 fully saturated rings. The number of hydrogen-bond acceptors (Lipinski definition) is 4. The van der Waals surface area contributed by atoms with Crippen LogP contribution >= 0.6 is 0 Å². The Morgan fingerprint density at radius 3 is 2.40 bits per heavy atom. The van der Waals surface area contributed by atoms with Crippen LogP contribution in [0.4, 0.5) is 10.5 Å². The number of nitrogens with zero attached hydrogens (tertiary/aromatic N) is 2. The van der Waals surface area contributed by atoms with E-state index in [-0.39, 0.29) is 30.8 Å². The van der Waals surface area contributed by atoms with Gasteiger partial charge in [0.25, 0.3) is 5.91 Å². The Hall–Kier alpha value is -3.68. The molecule has 2 aromatic rings. The lowest BCUT2D eigenvalue weighted by atomic mass is 10.0. The average Bonchev–Trinajstić information content (AvgIpc) is 3.29. The van der Waals surface area contributed by atoms with E-state index < -0.39 is 11.9 Å². The van der Waals surface area contributed by atoms with Gasteiger partial charge in [-0.2, -0.15) is 0 Å². The highest BCUT2D eigenvalue weighted by Gasteiger charge is 2.39. The molecule has 0 radical (unpaired) electrons. The van der Waals surface area contributed by atoms with Crippen molar-refractivity contribution in [3.63, 3.8) is 0 Å². The van der Waals surface area contributed by atoms with Gasteiger partial charge < -0.3 is 15.1 Å². The molecule has 0 aliphatic carbocycles. The van der Waals surface area contributed by atoms with Crippen LogP contribution in [0.25, 0.3) is 0 Å². The summed E-state index contributed by atoms with van der Waals surface area (Å²) < 4.78 is 0. The quantitative estimate of drug-likeness (QED) is 0.748. The Kier molecular flexibility index (Phi) is 4.27. The van der Waals surface area contributed by atoms with Crippen LogP contribution in [-0.4, -0.2) is 39.6 Å². The number of fused-ring (bicyclic) bond motifs is 2. The summed E-state index contributed by atoms with van der Waals surface area (Å²) in [5, 5.41) is 5.20. The van der Waals surface area contributed by atoms with Gasteiger partial charge in [0.1, 0.15) is 6.04 Å². The van der Waals surface area contributed by atoms with Crippen molar-refractivity contribution in [1.29, 1.82) is 0 Å². The van der Waals surface area contributed by atoms with E-state index in [1.165, 1.54) is 4.90 Å². The van der Waals surface area contributed by atoms with Gasteiger partial charge in [-0.1, -0.05) is 24.3 Å². The fourth-order valence-electron chi connectivity index (χ4n) is 4.33. The van der Waals surface area contributed by atoms with Gasteiger partial charge in [0.15, 0.2) is 0 Å². The van der Waals surface area contributed by atoms with Gasteiger partial charge in [-0.25, -0.2) is 4.79 Å². The molecule has 8 nitrogen and oxygen atoms in total. The molecule has 2 N–H and O–H groups in total. The number of piperidine rings is 1. The minimum Gasteiger partial charge on any atom is -0.322 e. The van der Waals surface area contributed by atoms with Crippen molar-refractivity contribution in [1.82, 2.24) is 15.1 Å². The second-order valence-electron chi connectivity index (χ2n) is 7.83. The number of imide groups is 1. The van der Waals surface area contributed by atoms with Gasteiger partial charge in [0, 0.05) is 37.3 Å². The first-order valence-corrected chi connectivity index (χ1v) is 9.90. The van der Waals surface area contributed by atoms with E-state index in [1.807, 2.05) is 24.3 Å². The summed E-state index contributed by atoms with van der Waals surface area (Å²) in [6, 6.07) is 12.3. The molecule has 5 rings (SSSR count).